The quantitative estimate of drug-likeness (QED) is 0.259. The lowest BCUT2D eigenvalue weighted by molar-refractivity contribution is -0.137. The molecule has 5 aromatic rings. The monoisotopic (exact) mass is 511 g/mol. The third-order valence-electron chi connectivity index (χ3n) is 5.57. The number of alkyl halides is 3. The van der Waals surface area contributed by atoms with Crippen molar-refractivity contribution in [2.75, 3.05) is 6.61 Å². The fraction of sp³-hybridized carbons (Fsp3) is 0.111. The summed E-state index contributed by atoms with van der Waals surface area (Å²) in [4.78, 5) is 16.8. The number of ether oxygens (including phenoxy) is 1. The molecule has 0 atom stereocenters. The summed E-state index contributed by atoms with van der Waals surface area (Å²) in [7, 11) is 0. The summed E-state index contributed by atoms with van der Waals surface area (Å²) < 4.78 is 69.4. The molecule has 37 heavy (non-hydrogen) atoms. The molecule has 2 aromatic heterocycles. The number of hydrogen-bond donors (Lipinski definition) is 1. The Morgan fingerprint density at radius 3 is 2.51 bits per heavy atom. The van der Waals surface area contributed by atoms with Crippen LogP contribution in [0.2, 0.25) is 0 Å². The number of halogens is 4. The summed E-state index contributed by atoms with van der Waals surface area (Å²) in [5.41, 5.74) is -0.229. The number of hydrogen-bond acceptors (Lipinski definition) is 6. The zero-order chi connectivity index (χ0) is 26.2. The number of fused-ring (bicyclic) bond motifs is 1. The lowest BCUT2D eigenvalue weighted by Gasteiger charge is -2.08. The van der Waals surface area contributed by atoms with Crippen LogP contribution in [0.25, 0.3) is 33.6 Å². The van der Waals surface area contributed by atoms with Crippen LogP contribution in [0, 0.1) is 5.82 Å². The Balaban J connectivity index is 1.27. The molecule has 6 nitrogen and oxygen atoms in total. The van der Waals surface area contributed by atoms with Gasteiger partial charge in [-0.15, -0.1) is 0 Å². The van der Waals surface area contributed by atoms with Crippen LogP contribution in [-0.4, -0.2) is 16.7 Å². The van der Waals surface area contributed by atoms with E-state index >= 15 is 0 Å². The van der Waals surface area contributed by atoms with Crippen molar-refractivity contribution in [2.45, 2.75) is 12.6 Å². The minimum absolute atomic E-state index is 0.0850. The SMILES string of the molecule is O=c1c(-c2ccc(O)cc2)coc2cc(OCCc3cnc(-c4cc(F)cc(C(F)(F)F)c4)o3)ccc12. The van der Waals surface area contributed by atoms with E-state index in [0.29, 0.717) is 39.7 Å². The first-order valence-corrected chi connectivity index (χ1v) is 11.0. The van der Waals surface area contributed by atoms with Crippen molar-refractivity contribution in [2.24, 2.45) is 0 Å². The molecule has 0 fully saturated rings. The molecule has 0 aliphatic heterocycles. The number of rotatable bonds is 6. The molecular formula is C27H17F4NO5. The van der Waals surface area contributed by atoms with Crippen LogP contribution in [0.15, 0.2) is 86.8 Å². The second-order valence-electron chi connectivity index (χ2n) is 8.14. The van der Waals surface area contributed by atoms with Crippen LogP contribution in [-0.2, 0) is 12.6 Å². The van der Waals surface area contributed by atoms with E-state index in [-0.39, 0.29) is 35.7 Å². The third-order valence-corrected chi connectivity index (χ3v) is 5.57. The summed E-state index contributed by atoms with van der Waals surface area (Å²) in [6.07, 6.45) is -1.79. The number of benzene rings is 3. The van der Waals surface area contributed by atoms with Crippen molar-refractivity contribution in [1.82, 2.24) is 4.98 Å². The number of phenols is 1. The van der Waals surface area contributed by atoms with Gasteiger partial charge in [0.2, 0.25) is 5.89 Å². The van der Waals surface area contributed by atoms with Gasteiger partial charge >= 0.3 is 6.18 Å². The Bertz CT molecular complexity index is 1640. The lowest BCUT2D eigenvalue weighted by Crippen LogP contribution is -2.05. The standard InChI is InChI=1S/C27H17F4NO5/c28-18-10-16(9-17(11-18)27(29,30)31)26-32-13-21(37-26)7-8-35-20-5-6-22-24(12-20)36-14-23(25(22)34)15-1-3-19(33)4-2-15/h1-6,9-14,33H,7-8H2. The van der Waals surface area contributed by atoms with Gasteiger partial charge in [0.25, 0.3) is 0 Å². The van der Waals surface area contributed by atoms with Gasteiger partial charge in [0.15, 0.2) is 5.43 Å². The van der Waals surface area contributed by atoms with Gasteiger partial charge in [-0.3, -0.25) is 4.79 Å². The molecule has 0 saturated heterocycles. The topological polar surface area (TPSA) is 85.7 Å². The van der Waals surface area contributed by atoms with Gasteiger partial charge < -0.3 is 18.7 Å². The molecule has 0 saturated carbocycles. The van der Waals surface area contributed by atoms with Crippen LogP contribution in [0.3, 0.4) is 0 Å². The summed E-state index contributed by atoms with van der Waals surface area (Å²) in [6, 6.07) is 13.0. The fourth-order valence-electron chi connectivity index (χ4n) is 3.74. The minimum atomic E-state index is -4.70. The molecule has 0 aliphatic rings. The zero-order valence-electron chi connectivity index (χ0n) is 18.9. The molecular weight excluding hydrogens is 494 g/mol. The van der Waals surface area contributed by atoms with Crippen molar-refractivity contribution in [3.63, 3.8) is 0 Å². The van der Waals surface area contributed by atoms with Gasteiger partial charge in [0.05, 0.1) is 29.3 Å². The first-order chi connectivity index (χ1) is 17.7. The largest absolute Gasteiger partial charge is 0.508 e. The highest BCUT2D eigenvalue weighted by atomic mass is 19.4. The zero-order valence-corrected chi connectivity index (χ0v) is 18.9. The minimum Gasteiger partial charge on any atom is -0.508 e. The van der Waals surface area contributed by atoms with E-state index in [4.69, 9.17) is 13.6 Å². The van der Waals surface area contributed by atoms with Gasteiger partial charge in [-0.05, 0) is 48.0 Å². The van der Waals surface area contributed by atoms with E-state index in [1.807, 2.05) is 0 Å². The predicted octanol–water partition coefficient (Wildman–Crippen LogP) is 6.60. The molecule has 0 radical (unpaired) electrons. The maximum atomic E-state index is 13.7. The molecule has 3 aromatic carbocycles. The van der Waals surface area contributed by atoms with Gasteiger partial charge in [-0.25, -0.2) is 9.37 Å². The van der Waals surface area contributed by atoms with Crippen molar-refractivity contribution < 1.29 is 36.2 Å². The predicted molar refractivity (Wildman–Crippen MR) is 126 cm³/mol. The van der Waals surface area contributed by atoms with Gasteiger partial charge in [-0.2, -0.15) is 13.2 Å². The Kier molecular flexibility index (Phi) is 6.16. The van der Waals surface area contributed by atoms with Crippen LogP contribution in [0.5, 0.6) is 11.5 Å². The van der Waals surface area contributed by atoms with Gasteiger partial charge in [-0.1, -0.05) is 12.1 Å². The maximum absolute atomic E-state index is 13.7. The summed E-state index contributed by atoms with van der Waals surface area (Å²) in [5.74, 6) is -0.351. The molecule has 1 N–H and O–H groups in total. The van der Waals surface area contributed by atoms with E-state index < -0.39 is 17.6 Å². The number of aromatic hydroxyl groups is 1. The smallest absolute Gasteiger partial charge is 0.416 e. The van der Waals surface area contributed by atoms with E-state index in [2.05, 4.69) is 4.98 Å². The molecule has 5 rings (SSSR count). The normalized spacial score (nSPS) is 11.7. The van der Waals surface area contributed by atoms with Crippen molar-refractivity contribution in [3.05, 3.63) is 100 Å². The highest BCUT2D eigenvalue weighted by molar-refractivity contribution is 5.82. The van der Waals surface area contributed by atoms with Crippen molar-refractivity contribution in [3.8, 4) is 34.1 Å². The number of phenolic OH excluding ortho intramolecular Hbond substituents is 1. The summed E-state index contributed by atoms with van der Waals surface area (Å²) in [6.45, 7) is 0.132. The highest BCUT2D eigenvalue weighted by Gasteiger charge is 2.32. The lowest BCUT2D eigenvalue weighted by atomic mass is 10.1. The van der Waals surface area contributed by atoms with Crippen LogP contribution >= 0.6 is 0 Å². The number of aromatic nitrogens is 1. The first kappa shape index (κ1) is 24.1. The maximum Gasteiger partial charge on any atom is 0.416 e. The second kappa shape index (κ2) is 9.45. The average Bonchev–Trinajstić information content (AvgIpc) is 3.33. The van der Waals surface area contributed by atoms with E-state index in [1.165, 1.54) is 24.6 Å². The number of oxazole rings is 1. The average molecular weight is 511 g/mol. The first-order valence-electron chi connectivity index (χ1n) is 11.0. The molecule has 0 unspecified atom stereocenters. The molecule has 2 heterocycles. The Morgan fingerprint density at radius 2 is 1.76 bits per heavy atom. The van der Waals surface area contributed by atoms with Gasteiger partial charge in [0.1, 0.15) is 34.9 Å². The highest BCUT2D eigenvalue weighted by Crippen LogP contribution is 2.33. The Hall–Kier alpha value is -4.60. The van der Waals surface area contributed by atoms with Crippen molar-refractivity contribution >= 4 is 11.0 Å². The van der Waals surface area contributed by atoms with Crippen LogP contribution < -0.4 is 10.2 Å². The van der Waals surface area contributed by atoms with Crippen LogP contribution in [0.1, 0.15) is 11.3 Å². The molecule has 188 valence electrons. The third kappa shape index (κ3) is 5.18. The second-order valence-corrected chi connectivity index (χ2v) is 8.14. The Labute approximate surface area is 206 Å². The molecule has 10 heteroatoms. The van der Waals surface area contributed by atoms with Gasteiger partial charge in [0, 0.05) is 18.1 Å². The van der Waals surface area contributed by atoms with E-state index in [1.54, 1.807) is 30.3 Å². The summed E-state index contributed by atoms with van der Waals surface area (Å²) in [5, 5.41) is 9.80. The molecule has 0 bridgehead atoms. The summed E-state index contributed by atoms with van der Waals surface area (Å²) >= 11 is 0. The number of nitrogens with zero attached hydrogens (tertiary/aromatic N) is 1. The van der Waals surface area contributed by atoms with E-state index in [9.17, 15) is 27.5 Å². The Morgan fingerprint density at radius 1 is 0.973 bits per heavy atom. The molecule has 0 spiro atoms. The van der Waals surface area contributed by atoms with Crippen molar-refractivity contribution in [1.29, 1.82) is 0 Å². The van der Waals surface area contributed by atoms with Crippen LogP contribution in [0.4, 0.5) is 17.6 Å². The molecule has 0 amide bonds. The fourth-order valence-corrected chi connectivity index (χ4v) is 3.74. The molecule has 0 aliphatic carbocycles. The van der Waals surface area contributed by atoms with E-state index in [0.717, 1.165) is 12.1 Å².